The van der Waals surface area contributed by atoms with Gasteiger partial charge in [0.05, 0.1) is 8.74 Å². The smallest absolute Gasteiger partial charge is 0.159 e. The van der Waals surface area contributed by atoms with Crippen LogP contribution < -0.4 is 0 Å². The van der Waals surface area contributed by atoms with Gasteiger partial charge in [0.25, 0.3) is 0 Å². The summed E-state index contributed by atoms with van der Waals surface area (Å²) < 4.78 is 31.2. The molecule has 0 heterocycles. The van der Waals surface area contributed by atoms with Crippen molar-refractivity contribution in [3.8, 4) is 0 Å². The molecule has 0 spiro atoms. The van der Waals surface area contributed by atoms with Gasteiger partial charge in [-0.15, -0.1) is 0 Å². The number of rotatable bonds is 2. The van der Waals surface area contributed by atoms with Crippen LogP contribution in [0.25, 0.3) is 0 Å². The average Bonchev–Trinajstić information content (AvgIpc) is 1.14. The summed E-state index contributed by atoms with van der Waals surface area (Å²) in [5.74, 6) is 2.97. The molecule has 0 N–H and O–H groups in total. The molecule has 0 aromatic heterocycles. The molecule has 1 atom stereocenters. The molecule has 0 fully saturated rings. The maximum Gasteiger partial charge on any atom is 0.159 e. The second-order valence-electron chi connectivity index (χ2n) is 1.76. The predicted molar refractivity (Wildman–Crippen MR) is 40.8 cm³/mol. The molecule has 0 amide bonds. The first-order valence-corrected chi connectivity index (χ1v) is 6.71. The molecular formula is C3H7ClO3S2. The van der Waals surface area contributed by atoms with Crippen molar-refractivity contribution in [3.05, 3.63) is 0 Å². The molecule has 0 saturated heterocycles. The Morgan fingerprint density at radius 3 is 1.78 bits per heavy atom. The van der Waals surface area contributed by atoms with Gasteiger partial charge in [-0.25, -0.2) is 8.42 Å². The van der Waals surface area contributed by atoms with Crippen LogP contribution in [-0.4, -0.2) is 29.8 Å². The Morgan fingerprint density at radius 2 is 1.78 bits per heavy atom. The molecule has 0 aliphatic rings. The van der Waals surface area contributed by atoms with E-state index in [1.807, 2.05) is 0 Å². The van der Waals surface area contributed by atoms with Crippen LogP contribution in [0.2, 0.25) is 0 Å². The third-order valence-electron chi connectivity index (χ3n) is 0.390. The number of sulfone groups is 1. The maximum absolute atomic E-state index is 10.5. The van der Waals surface area contributed by atoms with Crippen LogP contribution in [-0.2, 0) is 18.6 Å². The first-order chi connectivity index (χ1) is 3.71. The highest BCUT2D eigenvalue weighted by Gasteiger charge is 2.08. The van der Waals surface area contributed by atoms with Crippen LogP contribution in [0.3, 0.4) is 0 Å². The zero-order chi connectivity index (χ0) is 7.71. The maximum atomic E-state index is 10.5. The molecule has 0 saturated carbocycles. The minimum atomic E-state index is -3.25. The van der Waals surface area contributed by atoms with E-state index in [0.29, 0.717) is 0 Å². The summed E-state index contributed by atoms with van der Waals surface area (Å²) in [6, 6.07) is 0. The van der Waals surface area contributed by atoms with Crippen LogP contribution in [0.4, 0.5) is 0 Å². The Morgan fingerprint density at radius 1 is 1.44 bits per heavy atom. The molecule has 56 valence electrons. The normalized spacial score (nSPS) is 18.9. The lowest BCUT2D eigenvalue weighted by atomic mass is 11.9. The molecule has 0 aromatic rings. The van der Waals surface area contributed by atoms with Crippen molar-refractivity contribution in [2.75, 3.05) is 11.3 Å². The lowest BCUT2D eigenvalue weighted by Gasteiger charge is -1.94. The highest BCUT2D eigenvalue weighted by atomic mass is 35.7. The van der Waals surface area contributed by atoms with Crippen molar-refractivity contribution in [2.45, 2.75) is 0 Å². The first kappa shape index (κ1) is 9.26. The number of halogens is 1. The van der Waals surface area contributed by atoms with Gasteiger partial charge >= 0.3 is 0 Å². The Bertz CT molecular complexity index is 242. The monoisotopic (exact) mass is 190 g/mol. The van der Waals surface area contributed by atoms with Gasteiger partial charge in [-0.3, -0.25) is 4.21 Å². The summed E-state index contributed by atoms with van der Waals surface area (Å²) in [4.78, 5) is 0. The molecule has 0 aliphatic carbocycles. The zero-order valence-electron chi connectivity index (χ0n) is 4.83. The third kappa shape index (κ3) is 8.26. The summed E-state index contributed by atoms with van der Waals surface area (Å²) in [6.07, 6.45) is 0.959. The number of hydrogen-bond donors (Lipinski definition) is 0. The van der Waals surface area contributed by atoms with Crippen LogP contribution in [0.1, 0.15) is 0 Å². The molecule has 9 heavy (non-hydrogen) atoms. The number of hydrogen-bond acceptors (Lipinski definition) is 3. The molecular weight excluding hydrogens is 184 g/mol. The molecule has 0 radical (unpaired) electrons. The van der Waals surface area contributed by atoms with Gasteiger partial charge in [-0.05, 0) is 16.6 Å². The van der Waals surface area contributed by atoms with Gasteiger partial charge in [0, 0.05) is 6.26 Å². The molecule has 0 bridgehead atoms. The van der Waals surface area contributed by atoms with Crippen molar-refractivity contribution < 1.29 is 12.6 Å². The fourth-order valence-corrected chi connectivity index (χ4v) is 4.33. The van der Waals surface area contributed by atoms with Gasteiger partial charge in [0.1, 0.15) is 5.08 Å². The Hall–Kier alpha value is 0.260. The lowest BCUT2D eigenvalue weighted by molar-refractivity contribution is 0.605. The van der Waals surface area contributed by atoms with Gasteiger partial charge in [0.2, 0.25) is 0 Å². The molecule has 3 nitrogen and oxygen atoms in total. The lowest BCUT2D eigenvalue weighted by Crippen LogP contribution is -2.08. The van der Waals surface area contributed by atoms with Crippen molar-refractivity contribution in [1.29, 1.82) is 0 Å². The van der Waals surface area contributed by atoms with E-state index in [4.69, 9.17) is 10.7 Å². The van der Waals surface area contributed by atoms with Crippen LogP contribution in [0.5, 0.6) is 0 Å². The van der Waals surface area contributed by atoms with E-state index in [2.05, 4.69) is 5.87 Å². The fourth-order valence-electron chi connectivity index (χ4n) is 0.320. The van der Waals surface area contributed by atoms with Gasteiger partial charge in [-0.1, -0.05) is 0 Å². The first-order valence-electron chi connectivity index (χ1n) is 1.93. The average molecular weight is 191 g/mol. The summed E-state index contributed by atoms with van der Waals surface area (Å²) in [5.41, 5.74) is 0. The third-order valence-corrected chi connectivity index (χ3v) is 4.31. The topological polar surface area (TPSA) is 51.2 Å². The second kappa shape index (κ2) is 2.48. The van der Waals surface area contributed by atoms with E-state index in [9.17, 15) is 12.6 Å². The zero-order valence-corrected chi connectivity index (χ0v) is 7.22. The quantitative estimate of drug-likeness (QED) is 0.450. The summed E-state index contributed by atoms with van der Waals surface area (Å²) >= 11 is 0. The Kier molecular flexibility index (Phi) is 2.55. The van der Waals surface area contributed by atoms with E-state index in [0.717, 1.165) is 6.26 Å². The van der Waals surface area contributed by atoms with Crippen LogP contribution in [0.15, 0.2) is 0 Å². The standard InChI is InChI=1S/C3H7ClO3S2/c1-8(4,5)3-9(2,6)7/h1,3H2,2H3. The highest BCUT2D eigenvalue weighted by Crippen LogP contribution is 1.99. The molecule has 0 aromatic carbocycles. The Labute approximate surface area is 59.4 Å². The summed E-state index contributed by atoms with van der Waals surface area (Å²) in [6.45, 7) is 0. The molecule has 1 unspecified atom stereocenters. The van der Waals surface area contributed by atoms with Crippen molar-refractivity contribution in [3.63, 3.8) is 0 Å². The second-order valence-corrected chi connectivity index (χ2v) is 7.69. The van der Waals surface area contributed by atoms with Gasteiger partial charge in [0.15, 0.2) is 9.84 Å². The Balaban J connectivity index is 4.46. The molecule has 6 heteroatoms. The largest absolute Gasteiger partial charge is 0.251 e. The van der Waals surface area contributed by atoms with Crippen molar-refractivity contribution in [2.24, 2.45) is 0 Å². The predicted octanol–water partition coefficient (Wildman–Crippen LogP) is -0.141. The van der Waals surface area contributed by atoms with Crippen LogP contribution >= 0.6 is 10.7 Å². The minimum Gasteiger partial charge on any atom is -0.251 e. The van der Waals surface area contributed by atoms with Crippen molar-refractivity contribution in [1.82, 2.24) is 0 Å². The fraction of sp³-hybridized carbons (Fsp3) is 0.667. The molecule has 0 aliphatic heterocycles. The minimum absolute atomic E-state index is 0.554. The van der Waals surface area contributed by atoms with E-state index >= 15 is 0 Å². The van der Waals surface area contributed by atoms with Crippen LogP contribution in [0, 0.1) is 0 Å². The SMILES string of the molecule is C=S(=O)(Cl)CS(C)(=O)=O. The summed E-state index contributed by atoms with van der Waals surface area (Å²) in [7, 11) is -1.09. The van der Waals surface area contributed by atoms with Gasteiger partial charge in [-0.2, -0.15) is 0 Å². The van der Waals surface area contributed by atoms with E-state index in [-0.39, 0.29) is 0 Å². The van der Waals surface area contributed by atoms with E-state index in [1.54, 1.807) is 0 Å². The summed E-state index contributed by atoms with van der Waals surface area (Å²) in [5, 5.41) is -0.554. The highest BCUT2D eigenvalue weighted by molar-refractivity contribution is 8.27. The van der Waals surface area contributed by atoms with E-state index < -0.39 is 23.7 Å². The molecule has 0 rings (SSSR count). The van der Waals surface area contributed by atoms with E-state index in [1.165, 1.54) is 0 Å². The van der Waals surface area contributed by atoms with Gasteiger partial charge < -0.3 is 0 Å². The van der Waals surface area contributed by atoms with Crippen molar-refractivity contribution >= 4 is 35.1 Å².